The molecule has 3 aliphatic heterocycles. The smallest absolute Gasteiger partial charge is 0.335 e. The summed E-state index contributed by atoms with van der Waals surface area (Å²) in [4.78, 5) is 21.6. The zero-order valence-corrected chi connectivity index (χ0v) is 25.8. The van der Waals surface area contributed by atoms with Crippen LogP contribution >= 0.6 is 11.6 Å². The Morgan fingerprint density at radius 1 is 1.15 bits per heavy atom. The molecule has 12 heteroatoms. The summed E-state index contributed by atoms with van der Waals surface area (Å²) in [5.74, 6) is -0.991. The Kier molecular flexibility index (Phi) is 6.86. The molecule has 1 saturated carbocycles. The van der Waals surface area contributed by atoms with E-state index in [0.717, 1.165) is 50.5 Å². The molecule has 1 N–H and O–H groups in total. The number of imidazole rings is 1. The summed E-state index contributed by atoms with van der Waals surface area (Å²) in [7, 11) is 0. The molecule has 4 aliphatic rings. The van der Waals surface area contributed by atoms with Crippen LogP contribution in [0.25, 0.3) is 11.0 Å². The summed E-state index contributed by atoms with van der Waals surface area (Å²) in [6.45, 7) is 5.10. The van der Waals surface area contributed by atoms with E-state index in [9.17, 15) is 9.90 Å². The molecule has 3 aromatic carbocycles. The van der Waals surface area contributed by atoms with E-state index in [-0.39, 0.29) is 34.9 Å². The molecule has 0 amide bonds. The maximum Gasteiger partial charge on any atom is 0.335 e. The Hall–Kier alpha value is -4.37. The topological polar surface area (TPSA) is 113 Å². The maximum absolute atomic E-state index is 15.0. The second-order valence-electron chi connectivity index (χ2n) is 12.5. The van der Waals surface area contributed by atoms with Gasteiger partial charge < -0.3 is 28.8 Å². The minimum absolute atomic E-state index is 0.0579. The Morgan fingerprint density at radius 3 is 2.67 bits per heavy atom. The van der Waals surface area contributed by atoms with E-state index in [0.29, 0.717) is 40.6 Å². The van der Waals surface area contributed by atoms with Crippen LogP contribution in [0.1, 0.15) is 53.5 Å². The molecule has 0 radical (unpaired) electrons. The number of anilines is 1. The molecule has 4 heterocycles. The molecule has 0 unspecified atom stereocenters. The molecule has 0 bridgehead atoms. The summed E-state index contributed by atoms with van der Waals surface area (Å²) in [5, 5.41) is 19.2. The lowest BCUT2D eigenvalue weighted by Crippen LogP contribution is -2.64. The second kappa shape index (κ2) is 10.9. The standard InChI is InChI=1S/C34H31ClFN5O5/c1-34(22-6-5-19(16-37)13-24(22)36)45-29-4-2-3-27(32(29)46-34)40-11-10-39(25-7-8-26(25)40)18-30-38-31-23(35)14-20(33(42)43)15-28(31)41(30)17-21-9-12-44-21/h2-6,13-15,21,25-26H,7-12,17-18H2,1H3,(H,42,43)/t21-,25-,26-,34-/m0/s1. The molecule has 8 rings (SSSR count). The summed E-state index contributed by atoms with van der Waals surface area (Å²) in [6, 6.07) is 15.7. The van der Waals surface area contributed by atoms with Crippen LogP contribution in [0.4, 0.5) is 10.1 Å². The van der Waals surface area contributed by atoms with E-state index in [4.69, 9.17) is 36.1 Å². The third-order valence-corrected chi connectivity index (χ3v) is 10.1. The second-order valence-corrected chi connectivity index (χ2v) is 12.9. The fraction of sp³-hybridized carbons (Fsp3) is 0.382. The normalized spacial score (nSPS) is 25.1. The van der Waals surface area contributed by atoms with Crippen LogP contribution in [-0.2, 0) is 23.6 Å². The molecule has 0 spiro atoms. The number of hydrogen-bond acceptors (Lipinski definition) is 8. The van der Waals surface area contributed by atoms with E-state index >= 15 is 4.39 Å². The molecular weight excluding hydrogens is 613 g/mol. The fourth-order valence-electron chi connectivity index (χ4n) is 7.21. The number of piperazine rings is 1. The van der Waals surface area contributed by atoms with Gasteiger partial charge in [-0.05, 0) is 61.7 Å². The first kappa shape index (κ1) is 29.1. The summed E-state index contributed by atoms with van der Waals surface area (Å²) in [6.07, 6.45) is 3.03. The van der Waals surface area contributed by atoms with Crippen molar-refractivity contribution in [3.8, 4) is 17.6 Å². The number of nitriles is 1. The Morgan fingerprint density at radius 2 is 1.98 bits per heavy atom. The van der Waals surface area contributed by atoms with Gasteiger partial charge in [-0.25, -0.2) is 14.2 Å². The summed E-state index contributed by atoms with van der Waals surface area (Å²) >= 11 is 6.55. The van der Waals surface area contributed by atoms with Gasteiger partial charge in [-0.2, -0.15) is 5.26 Å². The van der Waals surface area contributed by atoms with Crippen LogP contribution in [0.2, 0.25) is 5.02 Å². The van der Waals surface area contributed by atoms with Gasteiger partial charge in [0.1, 0.15) is 17.2 Å². The highest BCUT2D eigenvalue weighted by molar-refractivity contribution is 6.35. The number of rotatable bonds is 7. The van der Waals surface area contributed by atoms with Gasteiger partial charge >= 0.3 is 5.97 Å². The minimum atomic E-state index is -1.37. The number of fused-ring (bicyclic) bond motifs is 3. The van der Waals surface area contributed by atoms with Crippen molar-refractivity contribution in [3.63, 3.8) is 0 Å². The zero-order valence-electron chi connectivity index (χ0n) is 25.1. The number of carboxylic acids is 1. The number of nitrogens with zero attached hydrogens (tertiary/aromatic N) is 5. The number of benzene rings is 3. The summed E-state index contributed by atoms with van der Waals surface area (Å²) in [5.41, 5.74) is 2.81. The van der Waals surface area contributed by atoms with Crippen molar-refractivity contribution >= 4 is 34.3 Å². The lowest BCUT2D eigenvalue weighted by Gasteiger charge is -2.54. The van der Waals surface area contributed by atoms with E-state index in [1.54, 1.807) is 25.1 Å². The van der Waals surface area contributed by atoms with Crippen LogP contribution in [0, 0.1) is 17.1 Å². The molecule has 236 valence electrons. The highest BCUT2D eigenvalue weighted by atomic mass is 35.5. The quantitative estimate of drug-likeness (QED) is 0.272. The molecule has 3 fully saturated rings. The molecule has 1 aromatic heterocycles. The first-order valence-corrected chi connectivity index (χ1v) is 15.9. The first-order valence-electron chi connectivity index (χ1n) is 15.5. The minimum Gasteiger partial charge on any atom is -0.478 e. The molecular formula is C34H31ClFN5O5. The number of hydrogen-bond donors (Lipinski definition) is 1. The first-order chi connectivity index (χ1) is 22.2. The van der Waals surface area contributed by atoms with E-state index < -0.39 is 17.6 Å². The van der Waals surface area contributed by atoms with E-state index in [1.165, 1.54) is 12.1 Å². The summed E-state index contributed by atoms with van der Waals surface area (Å²) < 4.78 is 35.5. The highest BCUT2D eigenvalue weighted by Gasteiger charge is 2.47. The van der Waals surface area contributed by atoms with Crippen molar-refractivity contribution in [3.05, 3.63) is 81.9 Å². The number of carbonyl (C=O) groups is 1. The number of carboxylic acid groups (broad SMARTS) is 1. The molecule has 46 heavy (non-hydrogen) atoms. The van der Waals surface area contributed by atoms with Crippen LogP contribution in [-0.4, -0.2) is 63.4 Å². The van der Waals surface area contributed by atoms with Crippen molar-refractivity contribution in [1.82, 2.24) is 14.5 Å². The van der Waals surface area contributed by atoms with Gasteiger partial charge in [0, 0.05) is 38.7 Å². The van der Waals surface area contributed by atoms with Crippen molar-refractivity contribution < 1.29 is 28.5 Å². The molecule has 1 aliphatic carbocycles. The van der Waals surface area contributed by atoms with Gasteiger partial charge in [-0.3, -0.25) is 4.90 Å². The van der Waals surface area contributed by atoms with Gasteiger partial charge in [-0.15, -0.1) is 0 Å². The van der Waals surface area contributed by atoms with E-state index in [1.807, 2.05) is 24.3 Å². The fourth-order valence-corrected chi connectivity index (χ4v) is 7.47. The van der Waals surface area contributed by atoms with Crippen LogP contribution < -0.4 is 14.4 Å². The van der Waals surface area contributed by atoms with Crippen molar-refractivity contribution in [1.29, 1.82) is 5.26 Å². The van der Waals surface area contributed by atoms with Crippen molar-refractivity contribution in [2.75, 3.05) is 24.6 Å². The average molecular weight is 644 g/mol. The Balaban J connectivity index is 1.06. The van der Waals surface area contributed by atoms with Crippen LogP contribution in [0.5, 0.6) is 11.5 Å². The van der Waals surface area contributed by atoms with Gasteiger partial charge in [0.25, 0.3) is 5.79 Å². The third-order valence-electron chi connectivity index (χ3n) is 9.81. The van der Waals surface area contributed by atoms with Crippen LogP contribution in [0.15, 0.2) is 48.5 Å². The SMILES string of the molecule is C[C@]1(c2ccc(C#N)cc2F)Oc2cccc(N3CCN(Cc4nc5c(Cl)cc(C(=O)O)cc5n4C[C@@H]4CCO4)[C@H]4CC[C@@H]43)c2O1. The number of para-hydroxylation sites is 1. The molecule has 4 atom stereocenters. The zero-order chi connectivity index (χ0) is 31.7. The lowest BCUT2D eigenvalue weighted by molar-refractivity contribution is -0.0706. The van der Waals surface area contributed by atoms with Crippen molar-refractivity contribution in [2.24, 2.45) is 0 Å². The maximum atomic E-state index is 15.0. The van der Waals surface area contributed by atoms with Gasteiger partial charge in [0.05, 0.1) is 58.2 Å². The molecule has 2 saturated heterocycles. The molecule has 10 nitrogen and oxygen atoms in total. The third kappa shape index (κ3) is 4.66. The van der Waals surface area contributed by atoms with Crippen LogP contribution in [0.3, 0.4) is 0 Å². The predicted molar refractivity (Wildman–Crippen MR) is 167 cm³/mol. The largest absolute Gasteiger partial charge is 0.478 e. The number of ether oxygens (including phenoxy) is 3. The van der Waals surface area contributed by atoms with Crippen molar-refractivity contribution in [2.45, 2.75) is 63.3 Å². The average Bonchev–Trinajstić information content (AvgIpc) is 3.52. The van der Waals surface area contributed by atoms with E-state index in [2.05, 4.69) is 14.4 Å². The van der Waals surface area contributed by atoms with Gasteiger partial charge in [-0.1, -0.05) is 17.7 Å². The van der Waals surface area contributed by atoms with Gasteiger partial charge in [0.15, 0.2) is 11.5 Å². The highest BCUT2D eigenvalue weighted by Crippen LogP contribution is 2.51. The molecule has 4 aromatic rings. The predicted octanol–water partition coefficient (Wildman–Crippen LogP) is 5.68. The lowest BCUT2D eigenvalue weighted by atomic mass is 9.81. The number of aromatic carboxylic acids is 1. The Labute approximate surface area is 269 Å². The number of aromatic nitrogens is 2. The monoisotopic (exact) mass is 643 g/mol. The number of halogens is 2. The van der Waals surface area contributed by atoms with Gasteiger partial charge in [0.2, 0.25) is 0 Å². The Bertz CT molecular complexity index is 1940.